The Bertz CT molecular complexity index is 203. The summed E-state index contributed by atoms with van der Waals surface area (Å²) in [5.41, 5.74) is 0.296. The molecule has 2 N–H and O–H groups in total. The van der Waals surface area contributed by atoms with E-state index in [2.05, 4.69) is 35.9 Å². The van der Waals surface area contributed by atoms with Crippen molar-refractivity contribution in [2.45, 2.75) is 38.8 Å². The topological polar surface area (TPSA) is 38.7 Å². The van der Waals surface area contributed by atoms with E-state index < -0.39 is 0 Å². The molecule has 0 saturated carbocycles. The molecule has 1 fully saturated rings. The number of nitrogens with zero attached hydrogens (tertiary/aromatic N) is 2. The van der Waals surface area contributed by atoms with Crippen LogP contribution in [0.2, 0.25) is 0 Å². The average molecular weight is 243 g/mol. The molecule has 1 unspecified atom stereocenters. The molecule has 1 saturated heterocycles. The third-order valence-electron chi connectivity index (χ3n) is 3.74. The van der Waals surface area contributed by atoms with Crippen molar-refractivity contribution in [3.05, 3.63) is 0 Å². The van der Waals surface area contributed by atoms with Crippen LogP contribution in [-0.4, -0.2) is 72.9 Å². The van der Waals surface area contributed by atoms with Gasteiger partial charge in [-0.3, -0.25) is 4.90 Å². The summed E-state index contributed by atoms with van der Waals surface area (Å²) in [6.45, 7) is 12.8. The van der Waals surface area contributed by atoms with Crippen LogP contribution in [-0.2, 0) is 0 Å². The van der Waals surface area contributed by atoms with Gasteiger partial charge in [-0.1, -0.05) is 0 Å². The Kier molecular flexibility index (Phi) is 5.86. The fourth-order valence-corrected chi connectivity index (χ4v) is 2.31. The van der Waals surface area contributed by atoms with Crippen molar-refractivity contribution in [1.29, 1.82) is 0 Å². The predicted octanol–water partition coefficient (Wildman–Crippen LogP) is 0.373. The molecule has 0 radical (unpaired) electrons. The van der Waals surface area contributed by atoms with Crippen LogP contribution in [0.5, 0.6) is 0 Å². The second kappa shape index (κ2) is 6.69. The minimum atomic E-state index is 0.235. The third kappa shape index (κ3) is 4.92. The molecule has 0 aromatic rings. The number of aliphatic hydroxyl groups excluding tert-OH is 1. The second-order valence-electron chi connectivity index (χ2n) is 5.96. The van der Waals surface area contributed by atoms with E-state index >= 15 is 0 Å². The zero-order valence-electron chi connectivity index (χ0n) is 11.9. The molecule has 0 spiro atoms. The molecule has 1 atom stereocenters. The van der Waals surface area contributed by atoms with Crippen molar-refractivity contribution in [2.75, 3.05) is 46.4 Å². The minimum absolute atomic E-state index is 0.235. The van der Waals surface area contributed by atoms with Crippen LogP contribution < -0.4 is 5.32 Å². The van der Waals surface area contributed by atoms with Crippen LogP contribution in [0, 0.1) is 0 Å². The predicted molar refractivity (Wildman–Crippen MR) is 72.3 cm³/mol. The van der Waals surface area contributed by atoms with Gasteiger partial charge in [0.05, 0.1) is 6.61 Å². The zero-order valence-corrected chi connectivity index (χ0v) is 11.9. The van der Waals surface area contributed by atoms with Crippen LogP contribution >= 0.6 is 0 Å². The molecule has 0 bridgehead atoms. The number of hydrogen-bond donors (Lipinski definition) is 2. The van der Waals surface area contributed by atoms with Gasteiger partial charge in [0.2, 0.25) is 0 Å². The van der Waals surface area contributed by atoms with Gasteiger partial charge in [0.1, 0.15) is 0 Å². The largest absolute Gasteiger partial charge is 0.395 e. The number of aliphatic hydroxyl groups is 1. The normalized spacial score (nSPS) is 21.7. The van der Waals surface area contributed by atoms with Gasteiger partial charge in [0.25, 0.3) is 0 Å². The summed E-state index contributed by atoms with van der Waals surface area (Å²) in [6, 6.07) is 0.246. The van der Waals surface area contributed by atoms with E-state index in [4.69, 9.17) is 5.11 Å². The van der Waals surface area contributed by atoms with Gasteiger partial charge in [-0.05, 0) is 40.8 Å². The van der Waals surface area contributed by atoms with Crippen LogP contribution in [0.4, 0.5) is 0 Å². The summed E-state index contributed by atoms with van der Waals surface area (Å²) in [7, 11) is 1.92. The molecule has 1 heterocycles. The maximum absolute atomic E-state index is 9.11. The zero-order chi connectivity index (χ0) is 12.9. The number of piperazine rings is 1. The molecule has 0 amide bonds. The summed E-state index contributed by atoms with van der Waals surface area (Å²) in [6.07, 6.45) is 1.03. The van der Waals surface area contributed by atoms with Crippen molar-refractivity contribution < 1.29 is 5.11 Å². The highest BCUT2D eigenvalue weighted by Gasteiger charge is 2.25. The lowest BCUT2D eigenvalue weighted by Gasteiger charge is -2.42. The SMILES string of the molecule is CNC(CO)CCN1CCN(C(C)(C)C)CC1. The summed E-state index contributed by atoms with van der Waals surface area (Å²) >= 11 is 0. The van der Waals surface area contributed by atoms with Gasteiger partial charge in [0, 0.05) is 37.8 Å². The number of nitrogens with one attached hydrogen (secondary N) is 1. The highest BCUT2D eigenvalue weighted by molar-refractivity contribution is 4.82. The first kappa shape index (κ1) is 14.9. The smallest absolute Gasteiger partial charge is 0.0585 e. The molecule has 102 valence electrons. The van der Waals surface area contributed by atoms with E-state index in [0.29, 0.717) is 5.54 Å². The lowest BCUT2D eigenvalue weighted by molar-refractivity contribution is 0.0596. The lowest BCUT2D eigenvalue weighted by Crippen LogP contribution is -2.53. The first-order valence-electron chi connectivity index (χ1n) is 6.73. The Morgan fingerprint density at radius 3 is 2.18 bits per heavy atom. The first-order valence-corrected chi connectivity index (χ1v) is 6.73. The minimum Gasteiger partial charge on any atom is -0.395 e. The van der Waals surface area contributed by atoms with E-state index in [-0.39, 0.29) is 12.6 Å². The molecular weight excluding hydrogens is 214 g/mol. The fourth-order valence-electron chi connectivity index (χ4n) is 2.31. The first-order chi connectivity index (χ1) is 7.97. The van der Waals surface area contributed by atoms with Crippen molar-refractivity contribution >= 4 is 0 Å². The lowest BCUT2D eigenvalue weighted by atomic mass is 10.0. The molecule has 4 nitrogen and oxygen atoms in total. The van der Waals surface area contributed by atoms with Crippen molar-refractivity contribution in [3.8, 4) is 0 Å². The maximum Gasteiger partial charge on any atom is 0.0585 e. The quantitative estimate of drug-likeness (QED) is 0.732. The summed E-state index contributed by atoms with van der Waals surface area (Å²) < 4.78 is 0. The van der Waals surface area contributed by atoms with E-state index in [0.717, 1.165) is 39.1 Å². The monoisotopic (exact) mass is 243 g/mol. The summed E-state index contributed by atoms with van der Waals surface area (Å²) in [5, 5.41) is 12.3. The Hall–Kier alpha value is -0.160. The van der Waals surface area contributed by atoms with Gasteiger partial charge in [-0.15, -0.1) is 0 Å². The number of rotatable bonds is 5. The van der Waals surface area contributed by atoms with Gasteiger partial charge in [-0.2, -0.15) is 0 Å². The Morgan fingerprint density at radius 1 is 1.18 bits per heavy atom. The molecule has 1 rings (SSSR count). The van der Waals surface area contributed by atoms with Crippen LogP contribution in [0.3, 0.4) is 0 Å². The molecule has 0 aliphatic carbocycles. The Morgan fingerprint density at radius 2 is 1.76 bits per heavy atom. The number of hydrogen-bond acceptors (Lipinski definition) is 4. The van der Waals surface area contributed by atoms with Crippen LogP contribution in [0.25, 0.3) is 0 Å². The molecule has 1 aliphatic rings. The van der Waals surface area contributed by atoms with Crippen LogP contribution in [0.1, 0.15) is 27.2 Å². The van der Waals surface area contributed by atoms with E-state index in [1.54, 1.807) is 0 Å². The standard InChI is InChI=1S/C13H29N3O/c1-13(2,3)16-9-7-15(8-10-16)6-5-12(11-17)14-4/h12,14,17H,5-11H2,1-4H3. The second-order valence-corrected chi connectivity index (χ2v) is 5.96. The average Bonchev–Trinajstić information content (AvgIpc) is 2.30. The Labute approximate surface area is 106 Å². The van der Waals surface area contributed by atoms with Gasteiger partial charge >= 0.3 is 0 Å². The molecule has 17 heavy (non-hydrogen) atoms. The van der Waals surface area contributed by atoms with Crippen LogP contribution in [0.15, 0.2) is 0 Å². The third-order valence-corrected chi connectivity index (χ3v) is 3.74. The highest BCUT2D eigenvalue weighted by Crippen LogP contribution is 2.15. The molecule has 0 aromatic heterocycles. The fraction of sp³-hybridized carbons (Fsp3) is 1.00. The number of likely N-dealkylation sites (N-methyl/N-ethyl adjacent to an activating group) is 1. The molecule has 4 heteroatoms. The summed E-state index contributed by atoms with van der Waals surface area (Å²) in [5.74, 6) is 0. The van der Waals surface area contributed by atoms with Crippen molar-refractivity contribution in [2.24, 2.45) is 0 Å². The van der Waals surface area contributed by atoms with Gasteiger partial charge in [0.15, 0.2) is 0 Å². The molecule has 1 aliphatic heterocycles. The van der Waals surface area contributed by atoms with E-state index in [9.17, 15) is 0 Å². The van der Waals surface area contributed by atoms with E-state index in [1.807, 2.05) is 7.05 Å². The van der Waals surface area contributed by atoms with Crippen molar-refractivity contribution in [1.82, 2.24) is 15.1 Å². The molecule has 0 aromatic carbocycles. The summed E-state index contributed by atoms with van der Waals surface area (Å²) in [4.78, 5) is 5.05. The van der Waals surface area contributed by atoms with E-state index in [1.165, 1.54) is 0 Å². The highest BCUT2D eigenvalue weighted by atomic mass is 16.3. The van der Waals surface area contributed by atoms with Crippen molar-refractivity contribution in [3.63, 3.8) is 0 Å². The van der Waals surface area contributed by atoms with Gasteiger partial charge < -0.3 is 15.3 Å². The maximum atomic E-state index is 9.11. The Balaban J connectivity index is 2.23. The van der Waals surface area contributed by atoms with Gasteiger partial charge in [-0.25, -0.2) is 0 Å². The molecular formula is C13H29N3O.